The first-order valence-corrected chi connectivity index (χ1v) is 7.27. The molecule has 0 saturated heterocycles. The average Bonchev–Trinajstić information content (AvgIpc) is 2.60. The van der Waals surface area contributed by atoms with Gasteiger partial charge in [-0.05, 0) is 36.4 Å². The summed E-state index contributed by atoms with van der Waals surface area (Å²) < 4.78 is 57.8. The molecule has 0 heterocycles. The molecule has 142 valence electrons. The first kappa shape index (κ1) is 19.9. The van der Waals surface area contributed by atoms with Crippen LogP contribution in [-0.2, 0) is 0 Å². The van der Waals surface area contributed by atoms with Gasteiger partial charge in [0.2, 0.25) is 0 Å². The van der Waals surface area contributed by atoms with Crippen LogP contribution >= 0.6 is 0 Å². The van der Waals surface area contributed by atoms with Crippen LogP contribution in [0.5, 0.6) is 11.5 Å². The zero-order valence-electron chi connectivity index (χ0n) is 13.4. The molecule has 0 aliphatic heterocycles. The largest absolute Gasteiger partial charge is 0.435 e. The van der Waals surface area contributed by atoms with E-state index in [9.17, 15) is 32.5 Å². The van der Waals surface area contributed by atoms with E-state index in [1.54, 1.807) is 0 Å². The number of benzene rings is 2. The number of carbonyl (C=O) groups is 1. The first-order valence-electron chi connectivity index (χ1n) is 7.27. The Balaban J connectivity index is 2.23. The van der Waals surface area contributed by atoms with Crippen molar-refractivity contribution in [1.82, 2.24) is 0 Å². The summed E-state index contributed by atoms with van der Waals surface area (Å²) >= 11 is 0. The fourth-order valence-corrected chi connectivity index (χ4v) is 2.04. The Hall–Kier alpha value is -3.43. The third kappa shape index (κ3) is 5.80. The fraction of sp³-hybridized carbons (Fsp3) is 0.118. The lowest BCUT2D eigenvalue weighted by Crippen LogP contribution is -2.06. The standard InChI is InChI=1S/C17H11F4NO5/c18-16(19)26-13-7-3-11(15(9-13)27-17(20)21)4-8-14(23)10-1-5-12(6-2-10)22(24)25/h1-9,16-17H/b8-4+. The third-order valence-electron chi connectivity index (χ3n) is 3.20. The van der Waals surface area contributed by atoms with Gasteiger partial charge in [0.05, 0.1) is 4.92 Å². The normalized spacial score (nSPS) is 11.2. The smallest absolute Gasteiger partial charge is 0.387 e. The summed E-state index contributed by atoms with van der Waals surface area (Å²) in [7, 11) is 0. The molecule has 0 amide bonds. The van der Waals surface area contributed by atoms with Crippen LogP contribution in [0, 0.1) is 10.1 Å². The van der Waals surface area contributed by atoms with Crippen molar-refractivity contribution in [1.29, 1.82) is 0 Å². The van der Waals surface area contributed by atoms with E-state index in [-0.39, 0.29) is 22.6 Å². The summed E-state index contributed by atoms with van der Waals surface area (Å²) in [5.41, 5.74) is -0.0456. The lowest BCUT2D eigenvalue weighted by atomic mass is 10.1. The van der Waals surface area contributed by atoms with E-state index in [0.29, 0.717) is 0 Å². The van der Waals surface area contributed by atoms with Gasteiger partial charge in [0.1, 0.15) is 11.5 Å². The van der Waals surface area contributed by atoms with Gasteiger partial charge in [0.15, 0.2) is 5.78 Å². The van der Waals surface area contributed by atoms with E-state index < -0.39 is 29.7 Å². The minimum absolute atomic E-state index is 0.0205. The second kappa shape index (κ2) is 8.79. The molecule has 0 unspecified atom stereocenters. The van der Waals surface area contributed by atoms with Crippen molar-refractivity contribution in [2.24, 2.45) is 0 Å². The molecule has 0 fully saturated rings. The van der Waals surface area contributed by atoms with Crippen molar-refractivity contribution < 1.29 is 36.8 Å². The predicted octanol–water partition coefficient (Wildman–Crippen LogP) is 4.69. The number of hydrogen-bond acceptors (Lipinski definition) is 5. The number of alkyl halides is 4. The molecule has 0 radical (unpaired) electrons. The van der Waals surface area contributed by atoms with Crippen LogP contribution in [0.2, 0.25) is 0 Å². The second-order valence-electron chi connectivity index (χ2n) is 4.96. The number of nitro groups is 1. The number of rotatable bonds is 8. The quantitative estimate of drug-likeness (QED) is 0.217. The third-order valence-corrected chi connectivity index (χ3v) is 3.20. The summed E-state index contributed by atoms with van der Waals surface area (Å²) in [6.07, 6.45) is 2.18. The number of ether oxygens (including phenoxy) is 2. The van der Waals surface area contributed by atoms with Gasteiger partial charge >= 0.3 is 13.2 Å². The van der Waals surface area contributed by atoms with Crippen LogP contribution < -0.4 is 9.47 Å². The molecule has 0 aliphatic rings. The van der Waals surface area contributed by atoms with E-state index in [0.717, 1.165) is 42.5 Å². The number of hydrogen-bond donors (Lipinski definition) is 0. The Bertz CT molecular complexity index is 853. The van der Waals surface area contributed by atoms with E-state index in [2.05, 4.69) is 9.47 Å². The van der Waals surface area contributed by atoms with Gasteiger partial charge in [-0.2, -0.15) is 17.6 Å². The van der Waals surface area contributed by atoms with Gasteiger partial charge in [0.25, 0.3) is 5.69 Å². The van der Waals surface area contributed by atoms with Crippen LogP contribution in [0.25, 0.3) is 6.08 Å². The highest BCUT2D eigenvalue weighted by Crippen LogP contribution is 2.28. The molecule has 0 spiro atoms. The number of ketones is 1. The highest BCUT2D eigenvalue weighted by atomic mass is 19.3. The Morgan fingerprint density at radius 2 is 1.63 bits per heavy atom. The van der Waals surface area contributed by atoms with Crippen LogP contribution in [-0.4, -0.2) is 23.9 Å². The maximum atomic E-state index is 12.5. The number of carbonyl (C=O) groups excluding carboxylic acids is 1. The van der Waals surface area contributed by atoms with Gasteiger partial charge in [0, 0.05) is 29.3 Å². The Morgan fingerprint density at radius 1 is 1.00 bits per heavy atom. The zero-order chi connectivity index (χ0) is 20.0. The predicted molar refractivity (Wildman–Crippen MR) is 86.2 cm³/mol. The lowest BCUT2D eigenvalue weighted by Gasteiger charge is -2.11. The molecule has 10 heteroatoms. The second-order valence-corrected chi connectivity index (χ2v) is 4.96. The lowest BCUT2D eigenvalue weighted by molar-refractivity contribution is -0.384. The van der Waals surface area contributed by atoms with Crippen LogP contribution in [0.15, 0.2) is 48.5 Å². The minimum Gasteiger partial charge on any atom is -0.435 e. The van der Waals surface area contributed by atoms with Crippen LogP contribution in [0.1, 0.15) is 15.9 Å². The van der Waals surface area contributed by atoms with Gasteiger partial charge in [-0.25, -0.2) is 0 Å². The Labute approximate surface area is 149 Å². The molecule has 2 aromatic carbocycles. The summed E-state index contributed by atoms with van der Waals surface area (Å²) in [6, 6.07) is 7.86. The molecular weight excluding hydrogens is 374 g/mol. The minimum atomic E-state index is -3.22. The van der Waals surface area contributed by atoms with Crippen LogP contribution in [0.3, 0.4) is 0 Å². The summed E-state index contributed by atoms with van der Waals surface area (Å²) in [5, 5.41) is 10.6. The van der Waals surface area contributed by atoms with Gasteiger partial charge in [-0.15, -0.1) is 0 Å². The van der Waals surface area contributed by atoms with E-state index in [4.69, 9.17) is 0 Å². The van der Waals surface area contributed by atoms with Crippen molar-refractivity contribution in [3.63, 3.8) is 0 Å². The highest BCUT2D eigenvalue weighted by Gasteiger charge is 2.13. The molecule has 0 atom stereocenters. The topological polar surface area (TPSA) is 78.7 Å². The molecule has 6 nitrogen and oxygen atoms in total. The number of non-ortho nitro benzene ring substituents is 1. The Kier molecular flexibility index (Phi) is 6.47. The fourth-order valence-electron chi connectivity index (χ4n) is 2.04. The average molecular weight is 385 g/mol. The molecule has 2 aromatic rings. The van der Waals surface area contributed by atoms with E-state index in [1.807, 2.05) is 0 Å². The van der Waals surface area contributed by atoms with Crippen molar-refractivity contribution in [3.05, 3.63) is 69.8 Å². The molecule has 27 heavy (non-hydrogen) atoms. The molecule has 0 saturated carbocycles. The molecule has 0 aromatic heterocycles. The first-order chi connectivity index (χ1) is 12.8. The van der Waals surface area contributed by atoms with Gasteiger partial charge in [-0.3, -0.25) is 14.9 Å². The molecule has 0 aliphatic carbocycles. The number of allylic oxidation sites excluding steroid dienone is 1. The SMILES string of the molecule is O=C(/C=C/c1ccc(OC(F)F)cc1OC(F)F)c1ccc([N+](=O)[O-])cc1. The van der Waals surface area contributed by atoms with Crippen molar-refractivity contribution >= 4 is 17.5 Å². The molecule has 0 N–H and O–H groups in total. The number of nitrogens with zero attached hydrogens (tertiary/aromatic N) is 1. The maximum Gasteiger partial charge on any atom is 0.387 e. The van der Waals surface area contributed by atoms with Crippen LogP contribution in [0.4, 0.5) is 23.2 Å². The van der Waals surface area contributed by atoms with E-state index in [1.165, 1.54) is 12.1 Å². The van der Waals surface area contributed by atoms with Gasteiger partial charge in [-0.1, -0.05) is 0 Å². The molecular formula is C17H11F4NO5. The number of nitro benzene ring substituents is 1. The molecule has 0 bridgehead atoms. The van der Waals surface area contributed by atoms with E-state index >= 15 is 0 Å². The van der Waals surface area contributed by atoms with Crippen molar-refractivity contribution in [2.45, 2.75) is 13.2 Å². The highest BCUT2D eigenvalue weighted by molar-refractivity contribution is 6.07. The van der Waals surface area contributed by atoms with Gasteiger partial charge < -0.3 is 9.47 Å². The molecule has 2 rings (SSSR count). The van der Waals surface area contributed by atoms with Crippen molar-refractivity contribution in [2.75, 3.05) is 0 Å². The summed E-state index contributed by atoms with van der Waals surface area (Å²) in [5.74, 6) is -1.41. The summed E-state index contributed by atoms with van der Waals surface area (Å²) in [4.78, 5) is 22.0. The maximum absolute atomic E-state index is 12.5. The van der Waals surface area contributed by atoms with Crippen molar-refractivity contribution in [3.8, 4) is 11.5 Å². The number of halogens is 4. The monoisotopic (exact) mass is 385 g/mol. The summed E-state index contributed by atoms with van der Waals surface area (Å²) in [6.45, 7) is -6.36. The zero-order valence-corrected chi connectivity index (χ0v) is 13.4. The Morgan fingerprint density at radius 3 is 2.19 bits per heavy atom.